The quantitative estimate of drug-likeness (QED) is 0.181. The standard InChI is InChI=1S/C35H34F4O13/c1-14(40)47-27-28(48-15(2)41)30(49-16(3)42)33(51-29(27)32(44)46-6)50-26-23(38)21(36)19(22(37)24(26)39)13-35(45)20-10-8-7-9-17(20)25-18(31(35)43)11-12-34(4,5)52-25/h7-10,27-30,33,45H,11-13H2,1-6H3/t27-,28-,29-,30+,33+,35?/m0/s1. The van der Waals surface area contributed by atoms with E-state index in [9.17, 15) is 29.1 Å². The van der Waals surface area contributed by atoms with Gasteiger partial charge in [0.05, 0.1) is 7.11 Å². The Balaban J connectivity index is 1.57. The van der Waals surface area contributed by atoms with Crippen molar-refractivity contribution in [2.45, 2.75) is 95.8 Å². The monoisotopic (exact) mass is 738 g/mol. The molecule has 5 rings (SSSR count). The van der Waals surface area contributed by atoms with Crippen LogP contribution in [-0.2, 0) is 64.4 Å². The summed E-state index contributed by atoms with van der Waals surface area (Å²) in [6, 6.07) is 5.87. The molecule has 1 fully saturated rings. The number of benzene rings is 2. The Labute approximate surface area is 293 Å². The van der Waals surface area contributed by atoms with Gasteiger partial charge in [0.15, 0.2) is 47.1 Å². The molecule has 1 saturated heterocycles. The summed E-state index contributed by atoms with van der Waals surface area (Å²) in [4.78, 5) is 62.5. The summed E-state index contributed by atoms with van der Waals surface area (Å²) in [6.45, 7) is 6.25. The predicted octanol–water partition coefficient (Wildman–Crippen LogP) is 3.63. The van der Waals surface area contributed by atoms with Crippen LogP contribution in [0.4, 0.5) is 17.6 Å². The van der Waals surface area contributed by atoms with E-state index in [1.165, 1.54) is 18.2 Å². The Hall–Kier alpha value is -5.03. The zero-order chi connectivity index (χ0) is 38.4. The fourth-order valence-corrected chi connectivity index (χ4v) is 6.41. The van der Waals surface area contributed by atoms with E-state index in [2.05, 4.69) is 4.74 Å². The van der Waals surface area contributed by atoms with Crippen LogP contribution in [0.5, 0.6) is 5.75 Å². The second kappa shape index (κ2) is 14.2. The van der Waals surface area contributed by atoms with E-state index in [0.717, 1.165) is 27.9 Å². The lowest BCUT2D eigenvalue weighted by molar-refractivity contribution is -0.283. The Kier molecular flexibility index (Phi) is 10.4. The van der Waals surface area contributed by atoms with E-state index in [-0.39, 0.29) is 28.9 Å². The smallest absolute Gasteiger partial charge is 0.339 e. The number of methoxy groups -OCH3 is 1. The van der Waals surface area contributed by atoms with Gasteiger partial charge in [-0.2, -0.15) is 8.78 Å². The molecule has 0 bridgehead atoms. The summed E-state index contributed by atoms with van der Waals surface area (Å²) in [6.07, 6.45) is -11.1. The van der Waals surface area contributed by atoms with Crippen LogP contribution in [0, 0.1) is 23.3 Å². The normalized spacial score (nSPS) is 26.3. The molecule has 1 aliphatic carbocycles. The first kappa shape index (κ1) is 38.2. The third-order valence-corrected chi connectivity index (χ3v) is 8.71. The molecule has 0 spiro atoms. The molecule has 3 aliphatic rings. The van der Waals surface area contributed by atoms with Crippen LogP contribution in [0.1, 0.15) is 64.2 Å². The van der Waals surface area contributed by atoms with Gasteiger partial charge in [-0.05, 0) is 26.7 Å². The van der Waals surface area contributed by atoms with Crippen LogP contribution >= 0.6 is 0 Å². The van der Waals surface area contributed by atoms with Gasteiger partial charge in [-0.3, -0.25) is 19.2 Å². The molecule has 2 heterocycles. The van der Waals surface area contributed by atoms with Gasteiger partial charge < -0.3 is 38.3 Å². The van der Waals surface area contributed by atoms with Crippen LogP contribution in [0.3, 0.4) is 0 Å². The van der Waals surface area contributed by atoms with Gasteiger partial charge in [0.2, 0.25) is 24.0 Å². The third kappa shape index (κ3) is 6.93. The lowest BCUT2D eigenvalue weighted by Crippen LogP contribution is -2.64. The number of esters is 4. The topological polar surface area (TPSA) is 170 Å². The first-order valence-electron chi connectivity index (χ1n) is 15.9. The van der Waals surface area contributed by atoms with Crippen molar-refractivity contribution in [2.75, 3.05) is 7.11 Å². The summed E-state index contributed by atoms with van der Waals surface area (Å²) >= 11 is 0. The molecular formula is C35H34F4O13. The van der Waals surface area contributed by atoms with E-state index in [1.807, 2.05) is 0 Å². The predicted molar refractivity (Wildman–Crippen MR) is 165 cm³/mol. The molecule has 2 aromatic rings. The molecule has 6 atom stereocenters. The van der Waals surface area contributed by atoms with Crippen molar-refractivity contribution in [1.29, 1.82) is 0 Å². The van der Waals surface area contributed by atoms with Crippen LogP contribution < -0.4 is 4.74 Å². The van der Waals surface area contributed by atoms with Gasteiger partial charge in [-0.25, -0.2) is 13.6 Å². The van der Waals surface area contributed by atoms with E-state index < -0.39 is 113 Å². The highest BCUT2D eigenvalue weighted by atomic mass is 19.2. The Bertz CT molecular complexity index is 1850. The van der Waals surface area contributed by atoms with Crippen molar-refractivity contribution in [3.8, 4) is 5.75 Å². The number of hydrogen-bond acceptors (Lipinski definition) is 13. The van der Waals surface area contributed by atoms with Crippen molar-refractivity contribution in [3.63, 3.8) is 0 Å². The summed E-state index contributed by atoms with van der Waals surface area (Å²) in [7, 11) is 0.886. The van der Waals surface area contributed by atoms with Gasteiger partial charge in [0, 0.05) is 49.5 Å². The Morgan fingerprint density at radius 3 is 2.00 bits per heavy atom. The summed E-state index contributed by atoms with van der Waals surface area (Å²) in [5, 5.41) is 11.8. The Morgan fingerprint density at radius 2 is 1.42 bits per heavy atom. The molecule has 0 radical (unpaired) electrons. The Morgan fingerprint density at radius 1 is 0.865 bits per heavy atom. The first-order chi connectivity index (χ1) is 24.3. The van der Waals surface area contributed by atoms with Gasteiger partial charge >= 0.3 is 23.9 Å². The summed E-state index contributed by atoms with van der Waals surface area (Å²) < 4.78 is 100. The van der Waals surface area contributed by atoms with Crippen molar-refractivity contribution in [2.24, 2.45) is 0 Å². The molecule has 1 unspecified atom stereocenters. The molecule has 280 valence electrons. The van der Waals surface area contributed by atoms with Crippen LogP contribution in [0.2, 0.25) is 0 Å². The maximum absolute atomic E-state index is 15.9. The average molecular weight is 739 g/mol. The van der Waals surface area contributed by atoms with Crippen LogP contribution in [-0.4, -0.2) is 78.2 Å². The second-order valence-electron chi connectivity index (χ2n) is 12.9. The first-order valence-corrected chi connectivity index (χ1v) is 15.9. The maximum Gasteiger partial charge on any atom is 0.339 e. The second-order valence-corrected chi connectivity index (χ2v) is 12.9. The van der Waals surface area contributed by atoms with E-state index in [0.29, 0.717) is 6.42 Å². The molecule has 13 nitrogen and oxygen atoms in total. The highest BCUT2D eigenvalue weighted by molar-refractivity contribution is 6.10. The number of aliphatic hydroxyl groups is 1. The number of ketones is 1. The molecule has 1 N–H and O–H groups in total. The van der Waals surface area contributed by atoms with Gasteiger partial charge in [0.25, 0.3) is 0 Å². The van der Waals surface area contributed by atoms with Crippen LogP contribution in [0.15, 0.2) is 29.8 Å². The largest absolute Gasteiger partial charge is 0.487 e. The SMILES string of the molecule is COC(=O)[C@H]1O[C@@H](Oc2c(F)c(F)c(CC3(O)C(=O)C4=C(OC(C)(C)CC4)c4ccccc43)c(F)c2F)[C@H](OC(C)=O)[C@@H](OC(C)=O)[C@@H]1OC(C)=O. The zero-order valence-electron chi connectivity index (χ0n) is 28.7. The molecule has 0 amide bonds. The molecule has 17 heteroatoms. The molecular weight excluding hydrogens is 704 g/mol. The van der Waals surface area contributed by atoms with E-state index in [1.54, 1.807) is 19.9 Å². The average Bonchev–Trinajstić information content (AvgIpc) is 3.07. The number of halogens is 4. The minimum atomic E-state index is -2.70. The number of Topliss-reactive ketones (excluding diaryl/α,β-unsaturated/α-hetero) is 1. The van der Waals surface area contributed by atoms with E-state index in [4.69, 9.17) is 28.4 Å². The lowest BCUT2D eigenvalue weighted by Gasteiger charge is -2.43. The number of fused-ring (bicyclic) bond motifs is 2. The fraction of sp³-hybridized carbons (Fsp3) is 0.457. The van der Waals surface area contributed by atoms with Crippen molar-refractivity contribution < 1.29 is 79.8 Å². The van der Waals surface area contributed by atoms with Gasteiger partial charge in [0.1, 0.15) is 11.4 Å². The zero-order valence-corrected chi connectivity index (χ0v) is 28.7. The molecule has 0 saturated carbocycles. The third-order valence-electron chi connectivity index (χ3n) is 8.71. The van der Waals surface area contributed by atoms with Crippen molar-refractivity contribution >= 4 is 35.4 Å². The highest BCUT2D eigenvalue weighted by Crippen LogP contribution is 2.48. The highest BCUT2D eigenvalue weighted by Gasteiger charge is 2.56. The minimum Gasteiger partial charge on any atom is -0.487 e. The van der Waals surface area contributed by atoms with Gasteiger partial charge in [-0.15, -0.1) is 0 Å². The number of carbonyl (C=O) groups excluding carboxylic acids is 5. The molecule has 2 aromatic carbocycles. The lowest BCUT2D eigenvalue weighted by atomic mass is 9.71. The number of rotatable bonds is 8. The summed E-state index contributed by atoms with van der Waals surface area (Å²) in [5.41, 5.74) is -4.60. The van der Waals surface area contributed by atoms with Crippen molar-refractivity contribution in [3.05, 3.63) is 69.8 Å². The van der Waals surface area contributed by atoms with Crippen molar-refractivity contribution in [1.82, 2.24) is 0 Å². The fourth-order valence-electron chi connectivity index (χ4n) is 6.41. The molecule has 2 aliphatic heterocycles. The van der Waals surface area contributed by atoms with E-state index >= 15 is 17.6 Å². The van der Waals surface area contributed by atoms with Crippen LogP contribution in [0.25, 0.3) is 5.76 Å². The summed E-state index contributed by atoms with van der Waals surface area (Å²) in [5.74, 6) is -15.6. The molecule has 0 aromatic heterocycles. The number of ether oxygens (including phenoxy) is 7. The minimum absolute atomic E-state index is 0.0303. The number of hydrogen-bond donors (Lipinski definition) is 1. The molecule has 52 heavy (non-hydrogen) atoms. The number of carbonyl (C=O) groups is 5. The van der Waals surface area contributed by atoms with Gasteiger partial charge in [-0.1, -0.05) is 24.3 Å². The maximum atomic E-state index is 15.9.